The molecule has 0 bridgehead atoms. The van der Waals surface area contributed by atoms with Gasteiger partial charge >= 0.3 is 5.97 Å². The first-order chi connectivity index (χ1) is 9.25. The molecule has 2 heterocycles. The van der Waals surface area contributed by atoms with Crippen molar-refractivity contribution in [1.82, 2.24) is 14.1 Å². The van der Waals surface area contributed by atoms with Crippen molar-refractivity contribution < 1.29 is 18.3 Å². The van der Waals surface area contributed by atoms with Crippen LogP contribution in [-0.2, 0) is 21.9 Å². The van der Waals surface area contributed by atoms with Gasteiger partial charge in [-0.25, -0.2) is 8.42 Å². The van der Waals surface area contributed by atoms with E-state index in [-0.39, 0.29) is 11.4 Å². The molecule has 112 valence electrons. The van der Waals surface area contributed by atoms with Gasteiger partial charge in [0, 0.05) is 20.1 Å². The van der Waals surface area contributed by atoms with Crippen LogP contribution in [-0.4, -0.2) is 46.7 Å². The van der Waals surface area contributed by atoms with E-state index in [9.17, 15) is 13.2 Å². The zero-order valence-electron chi connectivity index (χ0n) is 11.8. The lowest BCUT2D eigenvalue weighted by Gasteiger charge is -2.29. The highest BCUT2D eigenvalue weighted by Crippen LogP contribution is 2.27. The highest BCUT2D eigenvalue weighted by atomic mass is 32.2. The van der Waals surface area contributed by atoms with E-state index in [0.29, 0.717) is 30.8 Å². The highest BCUT2D eigenvalue weighted by molar-refractivity contribution is 7.89. The highest BCUT2D eigenvalue weighted by Gasteiger charge is 2.36. The second-order valence-electron chi connectivity index (χ2n) is 5.16. The molecular formula is C12H19N3O4S. The first kappa shape index (κ1) is 15.0. The summed E-state index contributed by atoms with van der Waals surface area (Å²) < 4.78 is 28.2. The molecule has 1 aromatic rings. The minimum Gasteiger partial charge on any atom is -0.481 e. The van der Waals surface area contributed by atoms with Crippen LogP contribution in [0.25, 0.3) is 0 Å². The van der Waals surface area contributed by atoms with E-state index in [0.717, 1.165) is 0 Å². The van der Waals surface area contributed by atoms with Gasteiger partial charge in [0.1, 0.15) is 4.90 Å². The molecule has 2 rings (SSSR count). The van der Waals surface area contributed by atoms with Crippen LogP contribution in [0.1, 0.15) is 24.2 Å². The van der Waals surface area contributed by atoms with Crippen molar-refractivity contribution in [3.63, 3.8) is 0 Å². The Kier molecular flexibility index (Phi) is 3.88. The minimum absolute atomic E-state index is 0.0332. The summed E-state index contributed by atoms with van der Waals surface area (Å²) >= 11 is 0. The van der Waals surface area contributed by atoms with Crippen LogP contribution < -0.4 is 0 Å². The molecule has 0 unspecified atom stereocenters. The number of hydrogen-bond donors (Lipinski definition) is 1. The van der Waals surface area contributed by atoms with Gasteiger partial charge in [-0.3, -0.25) is 9.48 Å². The van der Waals surface area contributed by atoms with Crippen LogP contribution in [0, 0.1) is 19.8 Å². The summed E-state index contributed by atoms with van der Waals surface area (Å²) in [7, 11) is -1.99. The molecular weight excluding hydrogens is 282 g/mol. The first-order valence-corrected chi connectivity index (χ1v) is 7.92. The molecule has 1 saturated heterocycles. The fraction of sp³-hybridized carbons (Fsp3) is 0.667. The molecule has 0 aliphatic carbocycles. The second kappa shape index (κ2) is 5.17. The quantitative estimate of drug-likeness (QED) is 0.878. The Morgan fingerprint density at radius 2 is 2.05 bits per heavy atom. The molecule has 0 radical (unpaired) electrons. The number of piperidine rings is 1. The Bertz CT molecular complexity index is 635. The lowest BCUT2D eigenvalue weighted by molar-refractivity contribution is -0.142. The SMILES string of the molecule is Cc1nn(C)c(C)c1S(=O)(=O)N1CCC[C@@H](C(=O)O)C1. The van der Waals surface area contributed by atoms with Crippen LogP contribution >= 0.6 is 0 Å². The predicted octanol–water partition coefficient (Wildman–Crippen LogP) is 0.522. The molecule has 1 N–H and O–H groups in total. The second-order valence-corrected chi connectivity index (χ2v) is 7.04. The van der Waals surface area contributed by atoms with Crippen LogP contribution in [0.5, 0.6) is 0 Å². The van der Waals surface area contributed by atoms with Gasteiger partial charge in [0.2, 0.25) is 10.0 Å². The summed E-state index contributed by atoms with van der Waals surface area (Å²) in [5.74, 6) is -1.57. The molecule has 0 aromatic carbocycles. The van der Waals surface area contributed by atoms with E-state index in [2.05, 4.69) is 5.10 Å². The van der Waals surface area contributed by atoms with Crippen molar-refractivity contribution in [2.45, 2.75) is 31.6 Å². The summed E-state index contributed by atoms with van der Waals surface area (Å²) in [6.45, 7) is 3.75. The standard InChI is InChI=1S/C12H19N3O4S/c1-8-11(9(2)14(3)13-8)20(18,19)15-6-4-5-10(7-15)12(16)17/h10H,4-7H2,1-3H3,(H,16,17)/t10-/m1/s1. The molecule has 1 aliphatic rings. The monoisotopic (exact) mass is 301 g/mol. The first-order valence-electron chi connectivity index (χ1n) is 6.48. The molecule has 7 nitrogen and oxygen atoms in total. The molecule has 1 aromatic heterocycles. The van der Waals surface area contributed by atoms with Gasteiger partial charge in [0.15, 0.2) is 0 Å². The fourth-order valence-corrected chi connectivity index (χ4v) is 4.54. The average Bonchev–Trinajstić information content (AvgIpc) is 2.63. The van der Waals surface area contributed by atoms with E-state index in [1.54, 1.807) is 20.9 Å². The van der Waals surface area contributed by atoms with Gasteiger partial charge in [-0.1, -0.05) is 0 Å². The molecule has 1 atom stereocenters. The predicted molar refractivity (Wildman–Crippen MR) is 71.8 cm³/mol. The Morgan fingerprint density at radius 1 is 1.40 bits per heavy atom. The summed E-state index contributed by atoms with van der Waals surface area (Å²) in [5.41, 5.74) is 1.02. The normalized spacial score (nSPS) is 21.1. The Balaban J connectivity index is 2.37. The maximum atomic E-state index is 12.7. The van der Waals surface area contributed by atoms with Crippen molar-refractivity contribution in [3.8, 4) is 0 Å². The molecule has 0 saturated carbocycles. The van der Waals surface area contributed by atoms with Crippen LogP contribution in [0.3, 0.4) is 0 Å². The zero-order valence-corrected chi connectivity index (χ0v) is 12.6. The van der Waals surface area contributed by atoms with Crippen molar-refractivity contribution >= 4 is 16.0 Å². The van der Waals surface area contributed by atoms with Gasteiger partial charge in [-0.2, -0.15) is 9.40 Å². The van der Waals surface area contributed by atoms with Gasteiger partial charge < -0.3 is 5.11 Å². The molecule has 8 heteroatoms. The van der Waals surface area contributed by atoms with Crippen molar-refractivity contribution in [1.29, 1.82) is 0 Å². The zero-order chi connectivity index (χ0) is 15.1. The number of aliphatic carboxylic acids is 1. The third-order valence-electron chi connectivity index (χ3n) is 3.77. The van der Waals surface area contributed by atoms with Gasteiger partial charge in [0.25, 0.3) is 0 Å². The topological polar surface area (TPSA) is 92.5 Å². The molecule has 0 spiro atoms. The third kappa shape index (κ3) is 2.45. The molecule has 1 aliphatic heterocycles. The van der Waals surface area contributed by atoms with E-state index >= 15 is 0 Å². The average molecular weight is 301 g/mol. The Labute approximate surface area is 118 Å². The number of rotatable bonds is 3. The minimum atomic E-state index is -3.68. The summed E-state index contributed by atoms with van der Waals surface area (Å²) in [4.78, 5) is 11.3. The largest absolute Gasteiger partial charge is 0.481 e. The number of hydrogen-bond acceptors (Lipinski definition) is 4. The van der Waals surface area contributed by atoms with Crippen molar-refractivity contribution in [2.24, 2.45) is 13.0 Å². The van der Waals surface area contributed by atoms with E-state index < -0.39 is 21.9 Å². The smallest absolute Gasteiger partial charge is 0.307 e. The van der Waals surface area contributed by atoms with Crippen LogP contribution in [0.15, 0.2) is 4.90 Å². The fourth-order valence-electron chi connectivity index (χ4n) is 2.62. The van der Waals surface area contributed by atoms with Gasteiger partial charge in [-0.05, 0) is 26.7 Å². The molecule has 0 amide bonds. The maximum absolute atomic E-state index is 12.7. The van der Waals surface area contributed by atoms with Gasteiger partial charge in [-0.15, -0.1) is 0 Å². The number of nitrogens with zero attached hydrogens (tertiary/aromatic N) is 3. The Hall–Kier alpha value is -1.41. The van der Waals surface area contributed by atoms with E-state index in [4.69, 9.17) is 5.11 Å². The number of carboxylic acid groups (broad SMARTS) is 1. The summed E-state index contributed by atoms with van der Waals surface area (Å²) in [6, 6.07) is 0. The third-order valence-corrected chi connectivity index (χ3v) is 5.89. The molecule has 1 fully saturated rings. The van der Waals surface area contributed by atoms with Crippen molar-refractivity contribution in [3.05, 3.63) is 11.4 Å². The number of carbonyl (C=O) groups is 1. The van der Waals surface area contributed by atoms with E-state index in [1.807, 2.05) is 0 Å². The number of aromatic nitrogens is 2. The van der Waals surface area contributed by atoms with Gasteiger partial charge in [0.05, 0.1) is 17.3 Å². The van der Waals surface area contributed by atoms with Crippen LogP contribution in [0.4, 0.5) is 0 Å². The van der Waals surface area contributed by atoms with Crippen LogP contribution in [0.2, 0.25) is 0 Å². The maximum Gasteiger partial charge on any atom is 0.307 e. The van der Waals surface area contributed by atoms with Crippen molar-refractivity contribution in [2.75, 3.05) is 13.1 Å². The lowest BCUT2D eigenvalue weighted by Crippen LogP contribution is -2.42. The number of sulfonamides is 1. The number of carboxylic acids is 1. The number of aryl methyl sites for hydroxylation is 2. The Morgan fingerprint density at radius 3 is 2.55 bits per heavy atom. The lowest BCUT2D eigenvalue weighted by atomic mass is 10.0. The van der Waals surface area contributed by atoms with E-state index in [1.165, 1.54) is 8.99 Å². The molecule has 20 heavy (non-hydrogen) atoms. The summed E-state index contributed by atoms with van der Waals surface area (Å²) in [5, 5.41) is 13.2. The summed E-state index contributed by atoms with van der Waals surface area (Å²) in [6.07, 6.45) is 1.08.